The molecule has 64 heavy (non-hydrogen) atoms. The molecular formula is H54B13Na3O48. The number of hydrogen-bond donors (Lipinski definition) is 36. The molecule has 48 nitrogen and oxygen atoms in total. The van der Waals surface area contributed by atoms with Crippen LogP contribution in [0.4, 0.5) is 0 Å². The van der Waals surface area contributed by atoms with E-state index in [1.54, 1.807) is 0 Å². The van der Waals surface area contributed by atoms with Crippen LogP contribution in [0.5, 0.6) is 0 Å². The SMILES string of the molecule is O.O.O.O.O.O.O.O.O.OB(O)O.OB(O)O.OB(O)O.OB(O)O.OB(O)O.OB(O)O.OB(O)O.OB(O)O.OB(O)O.OB(O)O.OB(O)O.OB(O)O.[Na+].[Na+].[Na+].[O-]B([O-])[O-]. The summed E-state index contributed by atoms with van der Waals surface area (Å²) >= 11 is 0. The standard InChI is InChI=1S/12BH3O3.BO3.3Na.9H2O/c13*2-1(3)4;;;;;;;;;;;;/h12*2-4H;;;;;9*1H2/q;;;;;;;;;;;;-3;3*+1;;;;;;;;;. The molecule has 0 aromatic carbocycles. The summed E-state index contributed by atoms with van der Waals surface area (Å²) in [4.78, 5) is 0. The molecule has 0 saturated heterocycles. The summed E-state index contributed by atoms with van der Waals surface area (Å²) in [6, 6.07) is 0. The summed E-state index contributed by atoms with van der Waals surface area (Å²) in [7, 11) is -28.9. The molecule has 0 heterocycles. The van der Waals surface area contributed by atoms with Crippen molar-refractivity contribution >= 4 is 95.2 Å². The van der Waals surface area contributed by atoms with E-state index in [0.29, 0.717) is 0 Å². The second kappa shape index (κ2) is 158. The molecule has 0 aromatic heterocycles. The minimum Gasteiger partial charge on any atom is -0.907 e. The summed E-state index contributed by atoms with van der Waals surface area (Å²) in [5.74, 6) is 0. The summed E-state index contributed by atoms with van der Waals surface area (Å²) < 4.78 is 0. The van der Waals surface area contributed by atoms with Crippen LogP contribution in [-0.2, 0) is 0 Å². The van der Waals surface area contributed by atoms with E-state index in [-0.39, 0.29) is 138 Å². The molecule has 0 aliphatic rings. The first kappa shape index (κ1) is 166. The summed E-state index contributed by atoms with van der Waals surface area (Å²) in [5, 5.41) is 283. The van der Waals surface area contributed by atoms with Crippen molar-refractivity contribution in [1.29, 1.82) is 0 Å². The Hall–Kier alpha value is 1.92. The van der Waals surface area contributed by atoms with E-state index in [0.717, 1.165) is 0 Å². The zero-order valence-corrected chi connectivity index (χ0v) is 38.3. The van der Waals surface area contributed by atoms with Gasteiger partial charge in [0.15, 0.2) is 0 Å². The Kier molecular flexibility index (Phi) is 411. The fourth-order valence-electron chi connectivity index (χ4n) is 0. The van der Waals surface area contributed by atoms with Crippen LogP contribution in [0.3, 0.4) is 0 Å². The average molecular weight is 1030 g/mol. The van der Waals surface area contributed by atoms with Gasteiger partial charge in [0, 0.05) is 0 Å². The Bertz CT molecular complexity index is 269. The quantitative estimate of drug-likeness (QED) is 0.100. The van der Waals surface area contributed by atoms with Gasteiger partial charge in [-0.2, -0.15) is 0 Å². The minimum absolute atomic E-state index is 0. The minimum atomic E-state index is -2.92. The Balaban J connectivity index is -0.0000000110. The summed E-state index contributed by atoms with van der Waals surface area (Å²) in [6.07, 6.45) is 0. The first-order valence-electron chi connectivity index (χ1n) is 10.0. The van der Waals surface area contributed by atoms with Crippen LogP contribution in [0, 0.1) is 0 Å². The van der Waals surface area contributed by atoms with Gasteiger partial charge in [-0.25, -0.2) is 0 Å². The molecule has 54 N–H and O–H groups in total. The second-order valence-electron chi connectivity index (χ2n) is 4.45. The van der Waals surface area contributed by atoms with Gasteiger partial charge in [-0.1, -0.05) is 0 Å². The van der Waals surface area contributed by atoms with Crippen molar-refractivity contribution in [2.75, 3.05) is 0 Å². The predicted octanol–water partition coefficient (Wildman–Crippen LogP) is -45.0. The van der Waals surface area contributed by atoms with E-state index in [2.05, 4.69) is 0 Å². The van der Waals surface area contributed by atoms with E-state index in [9.17, 15) is 0 Å². The van der Waals surface area contributed by atoms with Gasteiger partial charge in [0.05, 0.1) is 0 Å². The Labute approximate surface area is 426 Å². The molecule has 0 unspecified atom stereocenters. The van der Waals surface area contributed by atoms with Crippen LogP contribution in [0.2, 0.25) is 0 Å². The average Bonchev–Trinajstić information content (AvgIpc) is 2.67. The molecule has 0 fully saturated rings. The molecule has 0 aliphatic carbocycles. The van der Waals surface area contributed by atoms with Crippen LogP contribution < -0.4 is 104 Å². The van der Waals surface area contributed by atoms with Crippen LogP contribution >= 0.6 is 0 Å². The van der Waals surface area contributed by atoms with E-state index in [1.807, 2.05) is 0 Å². The maximum Gasteiger partial charge on any atom is 1.00 e. The van der Waals surface area contributed by atoms with Gasteiger partial charge in [0.25, 0.3) is 0 Å². The third-order valence-electron chi connectivity index (χ3n) is 0. The van der Waals surface area contributed by atoms with E-state index in [1.165, 1.54) is 0 Å². The molecule has 0 aromatic rings. The number of hydrogen-bond acceptors (Lipinski definition) is 39. The third kappa shape index (κ3) is 68400. The van der Waals surface area contributed by atoms with E-state index < -0.39 is 95.2 Å². The smallest absolute Gasteiger partial charge is 0.907 e. The van der Waals surface area contributed by atoms with Crippen molar-refractivity contribution in [1.82, 2.24) is 0 Å². The Morgan fingerprint density at radius 3 is 0.141 bits per heavy atom. The largest absolute Gasteiger partial charge is 1.00 e. The molecule has 0 radical (unpaired) electrons. The van der Waals surface area contributed by atoms with Gasteiger partial charge >= 0.3 is 177 Å². The summed E-state index contributed by atoms with van der Waals surface area (Å²) in [6.45, 7) is 0. The third-order valence-corrected chi connectivity index (χ3v) is 0. The van der Waals surface area contributed by atoms with Gasteiger partial charge < -0.3 is 245 Å². The molecule has 0 bridgehead atoms. The van der Waals surface area contributed by atoms with Crippen molar-refractivity contribution in [2.45, 2.75) is 0 Å². The first-order valence-corrected chi connectivity index (χ1v) is 10.0. The molecular weight excluding hydrogens is 977 g/mol. The normalized spacial score (nSPS) is 5.48. The first-order chi connectivity index (χ1) is 22.5. The predicted molar refractivity (Wildman–Crippen MR) is 187 cm³/mol. The molecule has 0 aliphatic heterocycles. The van der Waals surface area contributed by atoms with Crippen molar-refractivity contribution in [3.05, 3.63) is 0 Å². The monoisotopic (exact) mass is 1030 g/mol. The second-order valence-corrected chi connectivity index (χ2v) is 4.45. The van der Waals surface area contributed by atoms with Crippen molar-refractivity contribution in [2.24, 2.45) is 0 Å². The summed E-state index contributed by atoms with van der Waals surface area (Å²) in [5.41, 5.74) is 0. The van der Waals surface area contributed by atoms with Crippen molar-refractivity contribution in [3.63, 3.8) is 0 Å². The Morgan fingerprint density at radius 2 is 0.141 bits per heavy atom. The van der Waals surface area contributed by atoms with Crippen molar-refractivity contribution < 1.29 is 334 Å². The number of rotatable bonds is 0. The maximum absolute atomic E-state index is 8.42. The maximum atomic E-state index is 8.42. The van der Waals surface area contributed by atoms with Crippen LogP contribution in [0.25, 0.3) is 0 Å². The van der Waals surface area contributed by atoms with Gasteiger partial charge in [0.2, 0.25) is 0 Å². The van der Waals surface area contributed by atoms with Gasteiger partial charge in [-0.15, -0.1) is 0 Å². The van der Waals surface area contributed by atoms with Gasteiger partial charge in [-0.3, -0.25) is 7.32 Å². The zero-order chi connectivity index (χ0) is 46.5. The fourth-order valence-corrected chi connectivity index (χ4v) is 0. The molecule has 0 spiro atoms. The van der Waals surface area contributed by atoms with Gasteiger partial charge in [-0.05, 0) is 0 Å². The van der Waals surface area contributed by atoms with Crippen LogP contribution in [0.1, 0.15) is 0 Å². The van der Waals surface area contributed by atoms with Gasteiger partial charge in [0.1, 0.15) is 0 Å². The molecule has 64 heteroatoms. The van der Waals surface area contributed by atoms with E-state index in [4.69, 9.17) is 196 Å². The molecule has 384 valence electrons. The zero-order valence-electron chi connectivity index (χ0n) is 32.3. The van der Waals surface area contributed by atoms with Crippen LogP contribution in [0.15, 0.2) is 0 Å². The molecule has 0 rings (SSSR count). The van der Waals surface area contributed by atoms with Crippen molar-refractivity contribution in [3.8, 4) is 0 Å². The van der Waals surface area contributed by atoms with Crippen LogP contribution in [-0.4, -0.2) is 325 Å². The topological polar surface area (TPSA) is 1080 Å². The molecule has 0 atom stereocenters. The van der Waals surface area contributed by atoms with E-state index >= 15 is 0 Å². The Morgan fingerprint density at radius 1 is 0.141 bits per heavy atom. The molecule has 0 saturated carbocycles. The molecule has 0 amide bonds. The fraction of sp³-hybridized carbons (Fsp3) is 0.